The summed E-state index contributed by atoms with van der Waals surface area (Å²) in [6, 6.07) is 19.8. The van der Waals surface area contributed by atoms with Crippen molar-refractivity contribution in [3.63, 3.8) is 0 Å². The second-order valence-electron chi connectivity index (χ2n) is 8.46. The fourth-order valence-electron chi connectivity index (χ4n) is 3.71. The summed E-state index contributed by atoms with van der Waals surface area (Å²) in [6.07, 6.45) is 1.40. The molecule has 0 radical (unpaired) electrons. The lowest BCUT2D eigenvalue weighted by Crippen LogP contribution is -2.17. The Hall–Kier alpha value is -5.52. The second-order valence-corrected chi connectivity index (χ2v) is 8.46. The van der Waals surface area contributed by atoms with Crippen molar-refractivity contribution in [2.24, 2.45) is 5.10 Å². The maximum absolute atomic E-state index is 12.6. The van der Waals surface area contributed by atoms with E-state index in [1.807, 2.05) is 0 Å². The molecule has 12 heteroatoms. The van der Waals surface area contributed by atoms with Crippen molar-refractivity contribution in [3.05, 3.63) is 111 Å². The van der Waals surface area contributed by atoms with Crippen LogP contribution in [-0.4, -0.2) is 47.0 Å². The molecule has 4 aromatic rings. The molecule has 0 aliphatic carbocycles. The molecule has 0 spiro atoms. The van der Waals surface area contributed by atoms with Crippen molar-refractivity contribution in [2.75, 3.05) is 14.2 Å². The summed E-state index contributed by atoms with van der Waals surface area (Å²) in [7, 11) is 2.85. The lowest BCUT2D eigenvalue weighted by molar-refractivity contribution is -0.389. The lowest BCUT2D eigenvalue weighted by Gasteiger charge is -2.14. The molecule has 0 saturated carbocycles. The first-order valence-corrected chi connectivity index (χ1v) is 11.9. The first-order chi connectivity index (χ1) is 19.3. The molecule has 0 atom stereocenters. The largest absolute Gasteiger partial charge is 0.493 e. The van der Waals surface area contributed by atoms with Gasteiger partial charge in [0.1, 0.15) is 0 Å². The molecule has 0 aliphatic heterocycles. The molecule has 1 aromatic heterocycles. The lowest BCUT2D eigenvalue weighted by atomic mass is 10.1. The Labute approximate surface area is 228 Å². The van der Waals surface area contributed by atoms with E-state index in [9.17, 15) is 19.7 Å². The number of hydrogen-bond acceptors (Lipinski definition) is 9. The van der Waals surface area contributed by atoms with Crippen LogP contribution in [0.1, 0.15) is 37.5 Å². The Kier molecular flexibility index (Phi) is 8.49. The highest BCUT2D eigenvalue weighted by Crippen LogP contribution is 2.38. The monoisotopic (exact) mass is 543 g/mol. The molecule has 0 fully saturated rings. The van der Waals surface area contributed by atoms with Gasteiger partial charge in [0.25, 0.3) is 5.91 Å². The quantitative estimate of drug-likeness (QED) is 0.103. The van der Waals surface area contributed by atoms with Crippen LogP contribution in [0.25, 0.3) is 0 Å². The predicted octanol–water partition coefficient (Wildman–Crippen LogP) is 4.15. The van der Waals surface area contributed by atoms with Crippen LogP contribution in [0, 0.1) is 17.0 Å². The molecular formula is C28H25N5O7. The number of esters is 1. The van der Waals surface area contributed by atoms with E-state index in [1.54, 1.807) is 73.7 Å². The number of aromatic nitrogens is 2. The molecule has 3 aromatic carbocycles. The first-order valence-electron chi connectivity index (χ1n) is 11.9. The zero-order chi connectivity index (χ0) is 28.6. The number of benzene rings is 3. The van der Waals surface area contributed by atoms with Gasteiger partial charge in [-0.1, -0.05) is 30.3 Å². The van der Waals surface area contributed by atoms with Crippen molar-refractivity contribution in [1.29, 1.82) is 0 Å². The maximum Gasteiger partial charge on any atom is 0.390 e. The molecule has 0 aliphatic rings. The van der Waals surface area contributed by atoms with E-state index in [0.29, 0.717) is 28.9 Å². The average molecular weight is 544 g/mol. The fraction of sp³-hybridized carbons (Fsp3) is 0.143. The van der Waals surface area contributed by atoms with Crippen LogP contribution < -0.4 is 19.6 Å². The SMILES string of the molecule is COc1cc(/C=N/NC(=O)c2ccc(Cn3nc([N+](=O)[O-])cc3C)cc2)cc(OC)c1OC(=O)c1ccccc1. The Morgan fingerprint density at radius 3 is 2.23 bits per heavy atom. The Bertz CT molecular complexity index is 1540. The van der Waals surface area contributed by atoms with Gasteiger partial charge in [-0.25, -0.2) is 10.2 Å². The number of carbonyl (C=O) groups is 2. The topological polar surface area (TPSA) is 147 Å². The Balaban J connectivity index is 1.41. The molecule has 0 bridgehead atoms. The zero-order valence-corrected chi connectivity index (χ0v) is 21.9. The first kappa shape index (κ1) is 27.5. The van der Waals surface area contributed by atoms with Crippen LogP contribution in [0.3, 0.4) is 0 Å². The van der Waals surface area contributed by atoms with Gasteiger partial charge >= 0.3 is 11.8 Å². The van der Waals surface area contributed by atoms with Gasteiger partial charge in [-0.3, -0.25) is 4.79 Å². The fourth-order valence-corrected chi connectivity index (χ4v) is 3.71. The normalized spacial score (nSPS) is 10.8. The van der Waals surface area contributed by atoms with Gasteiger partial charge in [0.05, 0.1) is 49.4 Å². The van der Waals surface area contributed by atoms with Gasteiger partial charge in [0.2, 0.25) is 5.75 Å². The van der Waals surface area contributed by atoms with Crippen molar-refractivity contribution in [3.8, 4) is 17.2 Å². The standard InChI is InChI=1S/C28H25N5O7/c1-18-13-25(33(36)37)31-32(18)17-19-9-11-21(12-10-19)27(34)30-29-16-20-14-23(38-2)26(24(15-20)39-3)40-28(35)22-7-5-4-6-8-22/h4-16H,17H2,1-3H3,(H,30,34)/b29-16+. The van der Waals surface area contributed by atoms with Crippen LogP contribution in [0.2, 0.25) is 0 Å². The van der Waals surface area contributed by atoms with Crippen LogP contribution >= 0.6 is 0 Å². The number of hydrazone groups is 1. The minimum absolute atomic E-state index is 0.111. The zero-order valence-electron chi connectivity index (χ0n) is 21.9. The highest BCUT2D eigenvalue weighted by molar-refractivity contribution is 5.95. The number of carbonyl (C=O) groups excluding carboxylic acids is 2. The van der Waals surface area contributed by atoms with Crippen molar-refractivity contribution >= 4 is 23.9 Å². The van der Waals surface area contributed by atoms with E-state index >= 15 is 0 Å². The van der Waals surface area contributed by atoms with Gasteiger partial charge < -0.3 is 24.3 Å². The number of nitrogens with one attached hydrogen (secondary N) is 1. The number of rotatable bonds is 10. The molecular weight excluding hydrogens is 518 g/mol. The number of ether oxygens (including phenoxy) is 3. The number of hydrogen-bond donors (Lipinski definition) is 1. The average Bonchev–Trinajstić information content (AvgIpc) is 3.34. The summed E-state index contributed by atoms with van der Waals surface area (Å²) in [5.74, 6) is -0.641. The molecule has 40 heavy (non-hydrogen) atoms. The molecule has 0 unspecified atom stereocenters. The number of amides is 1. The molecule has 1 N–H and O–H groups in total. The molecule has 204 valence electrons. The minimum atomic E-state index is -0.571. The van der Waals surface area contributed by atoms with Crippen molar-refractivity contribution < 1.29 is 28.7 Å². The van der Waals surface area contributed by atoms with E-state index in [0.717, 1.165) is 5.56 Å². The number of aryl methyl sites for hydroxylation is 1. The maximum atomic E-state index is 12.6. The summed E-state index contributed by atoms with van der Waals surface area (Å²) >= 11 is 0. The Morgan fingerprint density at radius 2 is 1.65 bits per heavy atom. The van der Waals surface area contributed by atoms with Crippen molar-refractivity contribution in [1.82, 2.24) is 15.2 Å². The highest BCUT2D eigenvalue weighted by atomic mass is 16.6. The van der Waals surface area contributed by atoms with Crippen LogP contribution in [-0.2, 0) is 6.54 Å². The number of methoxy groups -OCH3 is 2. The number of nitrogens with zero attached hydrogens (tertiary/aromatic N) is 4. The summed E-state index contributed by atoms with van der Waals surface area (Å²) in [6.45, 7) is 2.05. The van der Waals surface area contributed by atoms with E-state index in [1.165, 1.54) is 31.2 Å². The minimum Gasteiger partial charge on any atom is -0.493 e. The van der Waals surface area contributed by atoms with Gasteiger partial charge in [-0.2, -0.15) is 9.78 Å². The van der Waals surface area contributed by atoms with Crippen molar-refractivity contribution in [2.45, 2.75) is 13.5 Å². The van der Waals surface area contributed by atoms with Crippen LogP contribution in [0.5, 0.6) is 17.2 Å². The third kappa shape index (κ3) is 6.48. The molecule has 1 heterocycles. The summed E-state index contributed by atoms with van der Waals surface area (Å²) in [5, 5.41) is 18.9. The molecule has 1 amide bonds. The van der Waals surface area contributed by atoms with E-state index in [2.05, 4.69) is 15.6 Å². The van der Waals surface area contributed by atoms with E-state index < -0.39 is 16.8 Å². The second kappa shape index (κ2) is 12.3. The summed E-state index contributed by atoms with van der Waals surface area (Å²) in [4.78, 5) is 35.5. The third-order valence-electron chi connectivity index (χ3n) is 5.77. The van der Waals surface area contributed by atoms with Gasteiger partial charge in [-0.15, -0.1) is 0 Å². The highest BCUT2D eigenvalue weighted by Gasteiger charge is 2.19. The van der Waals surface area contributed by atoms with E-state index in [-0.39, 0.29) is 23.1 Å². The summed E-state index contributed by atoms with van der Waals surface area (Å²) < 4.78 is 17.8. The van der Waals surface area contributed by atoms with Gasteiger partial charge in [0, 0.05) is 11.1 Å². The Morgan fingerprint density at radius 1 is 1.00 bits per heavy atom. The van der Waals surface area contributed by atoms with Crippen LogP contribution in [0.15, 0.2) is 77.9 Å². The summed E-state index contributed by atoms with van der Waals surface area (Å²) in [5.41, 5.74) is 5.17. The van der Waals surface area contributed by atoms with E-state index in [4.69, 9.17) is 14.2 Å². The molecule has 12 nitrogen and oxygen atoms in total. The van der Waals surface area contributed by atoms with Gasteiger partial charge in [-0.05, 0) is 53.8 Å². The molecule has 4 rings (SSSR count). The number of nitro groups is 1. The van der Waals surface area contributed by atoms with Crippen LogP contribution in [0.4, 0.5) is 5.82 Å². The smallest absolute Gasteiger partial charge is 0.390 e. The predicted molar refractivity (Wildman–Crippen MR) is 145 cm³/mol. The van der Waals surface area contributed by atoms with Gasteiger partial charge in [0.15, 0.2) is 11.5 Å². The molecule has 0 saturated heterocycles. The third-order valence-corrected chi connectivity index (χ3v) is 5.77.